The van der Waals surface area contributed by atoms with Gasteiger partial charge in [0.1, 0.15) is 22.8 Å². The number of aliphatic imine (C=N–C) groups is 3. The Morgan fingerprint density at radius 1 is 0.582 bits per heavy atom. The lowest BCUT2D eigenvalue weighted by atomic mass is 9.96. The highest BCUT2D eigenvalue weighted by atomic mass is 79.9. The molecule has 0 bridgehead atoms. The molecule has 5 aromatic heterocycles. The van der Waals surface area contributed by atoms with E-state index in [4.69, 9.17) is 68.1 Å². The highest BCUT2D eigenvalue weighted by molar-refractivity contribution is 9.10. The number of primary amides is 1. The quantitative estimate of drug-likeness (QED) is 0.0276. The molecule has 1 spiro atoms. The summed E-state index contributed by atoms with van der Waals surface area (Å²) in [4.78, 5) is 124. The van der Waals surface area contributed by atoms with Crippen LogP contribution in [-0.4, -0.2) is 187 Å². The van der Waals surface area contributed by atoms with Crippen molar-refractivity contribution >= 4 is 127 Å². The molecule has 3 aliphatic carbocycles. The molecule has 0 radical (unpaired) electrons. The fourth-order valence-electron chi connectivity index (χ4n) is 22.1. The number of hydrogen-bond donors (Lipinski definition) is 3. The Morgan fingerprint density at radius 2 is 1.18 bits per heavy atom. The number of nitrogens with zero attached hydrogens (tertiary/aromatic N) is 19. The van der Waals surface area contributed by atoms with Gasteiger partial charge in [0, 0.05) is 62.6 Å². The summed E-state index contributed by atoms with van der Waals surface area (Å²) in [6.45, 7) is 18.7. The van der Waals surface area contributed by atoms with Gasteiger partial charge in [-0.15, -0.1) is 0 Å². The molecule has 4 atom stereocenters. The van der Waals surface area contributed by atoms with Crippen LogP contribution in [-0.2, 0) is 69.7 Å². The predicted molar refractivity (Wildman–Crippen MR) is 546 cm³/mol. The molecule has 3 fully saturated rings. The number of nitrogens with two attached hydrogens (primary N) is 1. The zero-order valence-electron chi connectivity index (χ0n) is 79.9. The van der Waals surface area contributed by atoms with E-state index in [1.807, 2.05) is 163 Å². The number of carbonyl (C=O) groups is 5. The van der Waals surface area contributed by atoms with Crippen molar-refractivity contribution in [3.05, 3.63) is 273 Å². The second kappa shape index (κ2) is 39.3. The Morgan fingerprint density at radius 3 is 1.82 bits per heavy atom. The molecular weight excluding hydrogens is 1890 g/mol. The number of imidazole rings is 4. The minimum Gasteiger partial charge on any atom is -0.492 e. The van der Waals surface area contributed by atoms with Crippen LogP contribution in [0, 0.1) is 18.8 Å². The number of esters is 1. The van der Waals surface area contributed by atoms with Gasteiger partial charge in [0.15, 0.2) is 34.5 Å². The molecule has 0 saturated heterocycles. The van der Waals surface area contributed by atoms with Crippen LogP contribution >= 0.6 is 39.1 Å². The van der Waals surface area contributed by atoms with Crippen molar-refractivity contribution in [3.63, 3.8) is 0 Å². The lowest BCUT2D eigenvalue weighted by molar-refractivity contribution is -0.657. The predicted octanol–water partition coefficient (Wildman–Crippen LogP) is 15.6. The third kappa shape index (κ3) is 18.0. The summed E-state index contributed by atoms with van der Waals surface area (Å²) in [5.41, 5.74) is 19.0. The van der Waals surface area contributed by atoms with Gasteiger partial charge in [-0.1, -0.05) is 164 Å². The number of hydrogen-bond acceptors (Lipinski definition) is 21. The smallest absolute Gasteiger partial charge is 0.327 e. The number of amides is 4. The van der Waals surface area contributed by atoms with Gasteiger partial charge in [-0.2, -0.15) is 9.97 Å². The molecule has 24 rings (SSSR count). The van der Waals surface area contributed by atoms with Crippen LogP contribution < -0.4 is 55.4 Å². The second-order valence-corrected chi connectivity index (χ2v) is 39.8. The zero-order valence-corrected chi connectivity index (χ0v) is 83.0. The second-order valence-electron chi connectivity index (χ2n) is 38.1. The van der Waals surface area contributed by atoms with E-state index in [0.717, 1.165) is 166 Å². The van der Waals surface area contributed by atoms with Gasteiger partial charge in [-0.3, -0.25) is 68.1 Å². The first-order valence-electron chi connectivity index (χ1n) is 49.3. The number of guanidine groups is 3. The van der Waals surface area contributed by atoms with Gasteiger partial charge in [-0.05, 0) is 220 Å². The molecule has 31 nitrogen and oxygen atoms in total. The molecule has 4 amide bonds. The molecule has 0 unspecified atom stereocenters. The lowest BCUT2D eigenvalue weighted by Gasteiger charge is -2.35. The third-order valence-corrected chi connectivity index (χ3v) is 30.0. The molecular formula is C107H112BrCl2N22O9+. The number of aromatic nitrogens is 10. The minimum absolute atomic E-state index is 0.00474. The van der Waals surface area contributed by atoms with E-state index in [2.05, 4.69) is 104 Å². The first-order valence-corrected chi connectivity index (χ1v) is 50.9. The van der Waals surface area contributed by atoms with Crippen molar-refractivity contribution < 1.29 is 42.8 Å². The Labute approximate surface area is 835 Å². The molecule has 3 saturated carbocycles. The van der Waals surface area contributed by atoms with Crippen molar-refractivity contribution in [1.29, 1.82) is 0 Å². The van der Waals surface area contributed by atoms with Crippen molar-refractivity contribution in [2.45, 2.75) is 219 Å². The Hall–Kier alpha value is -13.9. The Balaban J connectivity index is 0.000000112. The summed E-state index contributed by atoms with van der Waals surface area (Å²) in [5, 5.41) is 8.84. The monoisotopic (exact) mass is 2000 g/mol. The van der Waals surface area contributed by atoms with E-state index in [0.29, 0.717) is 147 Å². The number of halogens is 3. The maximum absolute atomic E-state index is 13.9. The highest BCUT2D eigenvalue weighted by Crippen LogP contribution is 2.46. The lowest BCUT2D eigenvalue weighted by Crippen LogP contribution is -2.53. The van der Waals surface area contributed by atoms with Crippen molar-refractivity contribution in [1.82, 2.24) is 57.5 Å². The van der Waals surface area contributed by atoms with Gasteiger partial charge < -0.3 is 34.4 Å². The fraction of sp³-hybridized carbons (Fsp3) is 0.383. The number of ether oxygens (including phenoxy) is 3. The van der Waals surface area contributed by atoms with Crippen LogP contribution in [0.15, 0.2) is 188 Å². The summed E-state index contributed by atoms with van der Waals surface area (Å²) in [5.74, 6) is 13.5. The fourth-order valence-corrected chi connectivity index (χ4v) is 23.3. The maximum Gasteiger partial charge on any atom is 0.327 e. The summed E-state index contributed by atoms with van der Waals surface area (Å²) < 4.78 is 29.1. The first-order chi connectivity index (χ1) is 68.6. The van der Waals surface area contributed by atoms with Gasteiger partial charge >= 0.3 is 17.5 Å². The SMILES string of the molecule is CCN1C(=O)c2c(nc(C(N)=O)n2Cc2cc(Br)c3c(c2)CCO3)N2C[C@@H](Cc3ccccc3)N=C12.CCN1C(=O)c2c(nc(NC3CCCCC3)n2Cc2ccc(C)c(Cl)c2)N2C1=N[C@@H]1CCC[C@@H]12.CCN1C(=O)c2c(ncn2Cc2cc(Cl)c3c(c2)CCO3)N2C[C@@H](Cc3ccccc3)N=C12.CCn1c2[n+](c3c(nc(C#Cc4ccccc4)n3Cc3ccc(OC(C)=O)cc3)c1=O)CC1(CCCC1)N2. The summed E-state index contributed by atoms with van der Waals surface area (Å²) in [7, 11) is 0. The highest BCUT2D eigenvalue weighted by Gasteiger charge is 2.52. The zero-order chi connectivity index (χ0) is 97.2. The molecule has 14 heterocycles. The first kappa shape index (κ1) is 93.4. The maximum atomic E-state index is 13.9. The normalized spacial score (nSPS) is 18.9. The van der Waals surface area contributed by atoms with Crippen molar-refractivity contribution in [3.8, 4) is 29.1 Å². The van der Waals surface area contributed by atoms with E-state index in [1.165, 1.54) is 56.6 Å². The van der Waals surface area contributed by atoms with Crippen molar-refractivity contribution in [2.75, 3.05) is 71.3 Å². The van der Waals surface area contributed by atoms with E-state index >= 15 is 0 Å². The van der Waals surface area contributed by atoms with Crippen LogP contribution in [0.4, 0.5) is 29.4 Å². The molecule has 141 heavy (non-hydrogen) atoms. The van der Waals surface area contributed by atoms with E-state index < -0.39 is 5.91 Å². The number of benzene rings is 7. The number of aryl methyl sites for hydroxylation is 1. The van der Waals surface area contributed by atoms with Crippen LogP contribution in [0.2, 0.25) is 10.0 Å². The average Bonchev–Trinajstić information content (AvgIpc) is 1.57. The van der Waals surface area contributed by atoms with Gasteiger partial charge in [0.25, 0.3) is 23.6 Å². The number of nitrogens with one attached hydrogen (secondary N) is 2. The standard InChI is InChI=1S/C30H29N5O3.C26H25BrN6O3.C26H33ClN6O.C25H24ClN5O2/c1-3-33-28(37)26-27(35-20-30(32-29(33)35)17-7-8-18-30)34(19-23-11-14-24(15-12-23)38-21(2)36)25(31-26)16-13-22-9-5-4-6-10-22;1-2-31-25(35)20-23(33-14-18(29-26(31)33)11-15-6-4-3-5-7-15)30-24(22(28)34)32(20)13-16-10-17-8-9-36-21(17)19(27)12-16;1-3-31-24(34)22-23(33-21-11-7-10-20(21)29-26(31)33)30-25(28-18-8-5-4-6-9-18)32(22)15-17-13-12-16(2)19(27)14-17;1-2-30-24(32)21-23(31-14-19(28-25(30)31)11-16-6-4-3-5-7-16)27-15-29(21)13-17-10-18-8-9-33-22(18)20(26)12-17/h4-6,9-12,14-15H,3,7-8,17-20H2,1-2H3;3-7,10,12,18H,2,8-9,11,13-14H2,1H3,(H2,28,34);12-14,18,20-21H,3-11,15H2,1-2H3,(H,28,30);3-7,10,12,15,19H,2,8-9,11,13-14H2,1H3/p+1/t;18-;20-,21+;19-/m.111/s1. The number of rotatable bonds is 20. The molecule has 4 N–H and O–H groups in total. The Kier molecular flexibility index (Phi) is 26.0. The third-order valence-electron chi connectivity index (χ3n) is 28.8. The van der Waals surface area contributed by atoms with Gasteiger partial charge in [0.2, 0.25) is 46.6 Å². The summed E-state index contributed by atoms with van der Waals surface area (Å²) in [6.07, 6.45) is 18.9. The van der Waals surface area contributed by atoms with Crippen LogP contribution in [0.3, 0.4) is 0 Å². The average molecular weight is 2000 g/mol. The number of fused-ring (bicyclic) bond motifs is 16. The van der Waals surface area contributed by atoms with Gasteiger partial charge in [0.05, 0.1) is 99.0 Å². The van der Waals surface area contributed by atoms with Crippen LogP contribution in [0.25, 0.3) is 11.2 Å². The van der Waals surface area contributed by atoms with Gasteiger partial charge in [-0.25, -0.2) is 38.6 Å². The van der Waals surface area contributed by atoms with E-state index in [1.54, 1.807) is 37.4 Å². The van der Waals surface area contributed by atoms with Crippen LogP contribution in [0.5, 0.6) is 17.2 Å². The largest absolute Gasteiger partial charge is 0.492 e. The number of anilines is 5. The van der Waals surface area contributed by atoms with Crippen LogP contribution in [0.1, 0.15) is 215 Å². The van der Waals surface area contributed by atoms with E-state index in [-0.39, 0.29) is 65.3 Å². The molecule has 724 valence electrons. The molecule has 34 heteroatoms. The molecule has 9 aliphatic heterocycles. The Bertz CT molecular complexity index is 7170. The summed E-state index contributed by atoms with van der Waals surface area (Å²) >= 11 is 16.5. The van der Waals surface area contributed by atoms with E-state index in [9.17, 15) is 28.8 Å². The topological polar surface area (TPSA) is 317 Å². The molecule has 12 aromatic rings. The summed E-state index contributed by atoms with van der Waals surface area (Å²) in [6, 6.07) is 52.9. The molecule has 12 aliphatic rings. The minimum atomic E-state index is -0.678. The van der Waals surface area contributed by atoms with Crippen molar-refractivity contribution in [2.24, 2.45) is 20.7 Å². The molecule has 7 aromatic carbocycles. The number of carbonyl (C=O) groups excluding carboxylic acids is 5.